The highest BCUT2D eigenvalue weighted by molar-refractivity contribution is 7.98. The number of pyridine rings is 1. The maximum absolute atomic E-state index is 10.7. The van der Waals surface area contributed by atoms with Crippen LogP contribution in [-0.4, -0.2) is 23.2 Å². The number of thioether (sulfide) groups is 1. The maximum atomic E-state index is 10.7. The molecule has 0 aliphatic rings. The Hall–Kier alpha value is -2.79. The van der Waals surface area contributed by atoms with Gasteiger partial charge in [-0.05, 0) is 30.2 Å². The average molecular weight is 379 g/mol. The largest absolute Gasteiger partial charge is 0.481 e. The smallest absolute Gasteiger partial charge is 0.303 e. The van der Waals surface area contributed by atoms with E-state index in [1.54, 1.807) is 18.9 Å². The number of aromatic nitrogens is 1. The molecule has 0 radical (unpaired) electrons. The van der Waals surface area contributed by atoms with E-state index in [9.17, 15) is 4.79 Å². The van der Waals surface area contributed by atoms with E-state index in [0.29, 0.717) is 12.3 Å². The molecular formula is C22H21NO3S. The Bertz CT molecular complexity index is 895. The second kappa shape index (κ2) is 9.24. The minimum atomic E-state index is -0.771. The van der Waals surface area contributed by atoms with Crippen molar-refractivity contribution in [2.45, 2.75) is 23.5 Å². The van der Waals surface area contributed by atoms with Gasteiger partial charge in [-0.3, -0.25) is 4.79 Å². The molecule has 0 saturated carbocycles. The van der Waals surface area contributed by atoms with Crippen LogP contribution in [0.25, 0.3) is 11.3 Å². The Balaban J connectivity index is 1.66. The molecule has 1 aromatic heterocycles. The highest BCUT2D eigenvalue weighted by Gasteiger charge is 2.09. The molecule has 4 nitrogen and oxygen atoms in total. The first-order chi connectivity index (χ1) is 13.2. The van der Waals surface area contributed by atoms with Gasteiger partial charge in [0.2, 0.25) is 5.88 Å². The van der Waals surface area contributed by atoms with E-state index in [1.807, 2.05) is 60.7 Å². The van der Waals surface area contributed by atoms with Gasteiger partial charge in [0.05, 0.1) is 12.8 Å². The average Bonchev–Trinajstić information content (AvgIpc) is 2.72. The van der Waals surface area contributed by atoms with Gasteiger partial charge in [0, 0.05) is 28.2 Å². The minimum Gasteiger partial charge on any atom is -0.481 e. The van der Waals surface area contributed by atoms with Crippen molar-refractivity contribution >= 4 is 17.7 Å². The Morgan fingerprint density at radius 2 is 1.78 bits per heavy atom. The number of benzene rings is 2. The molecule has 0 saturated heterocycles. The first-order valence-corrected chi connectivity index (χ1v) is 9.67. The third-order valence-electron chi connectivity index (χ3n) is 4.15. The van der Waals surface area contributed by atoms with Crippen LogP contribution in [0.1, 0.15) is 17.5 Å². The van der Waals surface area contributed by atoms with Crippen LogP contribution in [0.2, 0.25) is 0 Å². The van der Waals surface area contributed by atoms with E-state index in [1.165, 1.54) is 0 Å². The van der Waals surface area contributed by atoms with Gasteiger partial charge < -0.3 is 9.84 Å². The molecule has 0 unspecified atom stereocenters. The van der Waals surface area contributed by atoms with Gasteiger partial charge in [0.15, 0.2) is 0 Å². The van der Waals surface area contributed by atoms with Crippen molar-refractivity contribution < 1.29 is 14.6 Å². The molecule has 3 aromatic rings. The van der Waals surface area contributed by atoms with Crippen LogP contribution in [0, 0.1) is 0 Å². The Morgan fingerprint density at radius 3 is 2.44 bits per heavy atom. The van der Waals surface area contributed by atoms with Crippen LogP contribution in [0.5, 0.6) is 5.88 Å². The minimum absolute atomic E-state index is 0.156. The third-order valence-corrected chi connectivity index (χ3v) is 5.21. The molecule has 2 aromatic carbocycles. The van der Waals surface area contributed by atoms with Crippen molar-refractivity contribution in [1.82, 2.24) is 4.98 Å². The predicted molar refractivity (Wildman–Crippen MR) is 108 cm³/mol. The van der Waals surface area contributed by atoms with Crippen molar-refractivity contribution in [2.75, 3.05) is 7.11 Å². The first-order valence-electron chi connectivity index (χ1n) is 8.68. The lowest BCUT2D eigenvalue weighted by molar-refractivity contribution is -0.136. The molecule has 5 heteroatoms. The van der Waals surface area contributed by atoms with E-state index >= 15 is 0 Å². The van der Waals surface area contributed by atoms with Crippen LogP contribution >= 0.6 is 11.8 Å². The predicted octanol–water partition coefficient (Wildman–Crippen LogP) is 5.07. The van der Waals surface area contributed by atoms with Crippen LogP contribution in [0.3, 0.4) is 0 Å². The van der Waals surface area contributed by atoms with Gasteiger partial charge in [0.1, 0.15) is 0 Å². The number of carbonyl (C=O) groups is 1. The number of rotatable bonds is 8. The number of aryl methyl sites for hydroxylation is 1. The number of hydrogen-bond acceptors (Lipinski definition) is 4. The Morgan fingerprint density at radius 1 is 1.04 bits per heavy atom. The van der Waals surface area contributed by atoms with Crippen LogP contribution in [0.4, 0.5) is 0 Å². The lowest BCUT2D eigenvalue weighted by Crippen LogP contribution is -1.97. The molecule has 27 heavy (non-hydrogen) atoms. The van der Waals surface area contributed by atoms with Crippen molar-refractivity contribution in [3.05, 3.63) is 77.9 Å². The van der Waals surface area contributed by atoms with E-state index in [-0.39, 0.29) is 6.42 Å². The highest BCUT2D eigenvalue weighted by Crippen LogP contribution is 2.29. The molecule has 0 atom stereocenters. The number of carboxylic acid groups (broad SMARTS) is 1. The molecule has 138 valence electrons. The summed E-state index contributed by atoms with van der Waals surface area (Å²) in [5, 5.41) is 8.76. The van der Waals surface area contributed by atoms with Gasteiger partial charge in [-0.25, -0.2) is 4.98 Å². The summed E-state index contributed by atoms with van der Waals surface area (Å²) in [5.74, 6) is 0.619. The van der Waals surface area contributed by atoms with Crippen LogP contribution in [0.15, 0.2) is 71.6 Å². The molecule has 0 spiro atoms. The van der Waals surface area contributed by atoms with Crippen molar-refractivity contribution in [3.63, 3.8) is 0 Å². The van der Waals surface area contributed by atoms with Gasteiger partial charge >= 0.3 is 5.97 Å². The van der Waals surface area contributed by atoms with Crippen molar-refractivity contribution in [3.8, 4) is 17.1 Å². The number of aliphatic carboxylic acids is 1. The lowest BCUT2D eigenvalue weighted by atomic mass is 10.1. The standard InChI is InChI=1S/C22H21NO3S/c1-26-22-18(10-13-20(23-22)17-5-3-2-4-6-17)15-27-19-11-7-16(8-12-19)9-14-21(24)25/h2-8,10-13H,9,14-15H2,1H3,(H,24,25). The molecular weight excluding hydrogens is 358 g/mol. The number of hydrogen-bond donors (Lipinski definition) is 1. The van der Waals surface area contributed by atoms with Crippen LogP contribution < -0.4 is 4.74 Å². The second-order valence-corrected chi connectivity index (χ2v) is 7.11. The van der Waals surface area contributed by atoms with Gasteiger partial charge in [-0.2, -0.15) is 0 Å². The lowest BCUT2D eigenvalue weighted by Gasteiger charge is -2.10. The zero-order valence-corrected chi connectivity index (χ0v) is 15.9. The maximum Gasteiger partial charge on any atom is 0.303 e. The summed E-state index contributed by atoms with van der Waals surface area (Å²) in [6, 6.07) is 22.1. The zero-order valence-electron chi connectivity index (χ0n) is 15.1. The number of nitrogens with zero attached hydrogens (tertiary/aromatic N) is 1. The summed E-state index contributed by atoms with van der Waals surface area (Å²) in [5.41, 5.74) is 4.03. The van der Waals surface area contributed by atoms with Gasteiger partial charge in [-0.1, -0.05) is 48.5 Å². The highest BCUT2D eigenvalue weighted by atomic mass is 32.2. The fourth-order valence-electron chi connectivity index (χ4n) is 2.69. The molecule has 3 rings (SSSR count). The van der Waals surface area contributed by atoms with Gasteiger partial charge in [0.25, 0.3) is 0 Å². The number of ether oxygens (including phenoxy) is 1. The number of methoxy groups -OCH3 is 1. The van der Waals surface area contributed by atoms with Gasteiger partial charge in [-0.15, -0.1) is 11.8 Å². The zero-order chi connectivity index (χ0) is 19.1. The van der Waals surface area contributed by atoms with E-state index in [0.717, 1.165) is 33.0 Å². The summed E-state index contributed by atoms with van der Waals surface area (Å²) in [4.78, 5) is 16.4. The fraction of sp³-hybridized carbons (Fsp3) is 0.182. The van der Waals surface area contributed by atoms with Crippen LogP contribution in [-0.2, 0) is 17.0 Å². The Kier molecular flexibility index (Phi) is 6.49. The SMILES string of the molecule is COc1nc(-c2ccccc2)ccc1CSc1ccc(CCC(=O)O)cc1. The molecule has 0 amide bonds. The molecule has 0 aliphatic carbocycles. The molecule has 1 N–H and O–H groups in total. The monoisotopic (exact) mass is 379 g/mol. The summed E-state index contributed by atoms with van der Waals surface area (Å²) in [6.45, 7) is 0. The Labute approximate surface area is 163 Å². The van der Waals surface area contributed by atoms with E-state index in [2.05, 4.69) is 11.1 Å². The molecule has 1 heterocycles. The van der Waals surface area contributed by atoms with Crippen molar-refractivity contribution in [1.29, 1.82) is 0 Å². The fourth-order valence-corrected chi connectivity index (χ4v) is 3.56. The second-order valence-electron chi connectivity index (χ2n) is 6.06. The quantitative estimate of drug-likeness (QED) is 0.554. The van der Waals surface area contributed by atoms with E-state index in [4.69, 9.17) is 9.84 Å². The topological polar surface area (TPSA) is 59.4 Å². The number of carboxylic acids is 1. The summed E-state index contributed by atoms with van der Waals surface area (Å²) >= 11 is 1.70. The summed E-state index contributed by atoms with van der Waals surface area (Å²) in [6.07, 6.45) is 0.710. The normalized spacial score (nSPS) is 10.6. The molecule has 0 fully saturated rings. The van der Waals surface area contributed by atoms with Crippen molar-refractivity contribution in [2.24, 2.45) is 0 Å². The molecule has 0 bridgehead atoms. The van der Waals surface area contributed by atoms with E-state index < -0.39 is 5.97 Å². The first kappa shape index (κ1) is 19.0. The summed E-state index contributed by atoms with van der Waals surface area (Å²) in [7, 11) is 1.64. The summed E-state index contributed by atoms with van der Waals surface area (Å²) < 4.78 is 5.49. The third kappa shape index (κ3) is 5.34. The molecule has 0 aliphatic heterocycles.